The van der Waals surface area contributed by atoms with Gasteiger partial charge < -0.3 is 5.32 Å². The third-order valence-corrected chi connectivity index (χ3v) is 4.47. The molecule has 0 amide bonds. The number of benzene rings is 1. The number of amidine groups is 1. The zero-order chi connectivity index (χ0) is 14.8. The second-order valence-electron chi connectivity index (χ2n) is 4.84. The number of nitrogens with zero attached hydrogens (tertiary/aromatic N) is 3. The first-order chi connectivity index (χ1) is 10.2. The van der Waals surface area contributed by atoms with E-state index in [9.17, 15) is 10.5 Å². The molecule has 5 heteroatoms. The molecule has 2 aliphatic heterocycles. The highest BCUT2D eigenvalue weighted by Crippen LogP contribution is 2.43. The molecule has 0 spiro atoms. The number of rotatable bonds is 1. The summed E-state index contributed by atoms with van der Waals surface area (Å²) in [5.41, 5.74) is 2.64. The van der Waals surface area contributed by atoms with Gasteiger partial charge in [-0.3, -0.25) is 0 Å². The molecule has 0 radical (unpaired) electrons. The van der Waals surface area contributed by atoms with Crippen molar-refractivity contribution in [3.63, 3.8) is 0 Å². The first-order valence-corrected chi connectivity index (χ1v) is 7.46. The van der Waals surface area contributed by atoms with Crippen LogP contribution in [0, 0.1) is 22.7 Å². The van der Waals surface area contributed by atoms with Crippen LogP contribution in [0.4, 0.5) is 0 Å². The molecular formula is C16H12N4S. The molecule has 21 heavy (non-hydrogen) atoms. The molecule has 1 atom stereocenters. The summed E-state index contributed by atoms with van der Waals surface area (Å²) in [6, 6.07) is 13.7. The van der Waals surface area contributed by atoms with Gasteiger partial charge in [-0.25, -0.2) is 4.99 Å². The predicted molar refractivity (Wildman–Crippen MR) is 83.1 cm³/mol. The van der Waals surface area contributed by atoms with Crippen LogP contribution in [0.25, 0.3) is 0 Å². The fourth-order valence-corrected chi connectivity index (χ4v) is 3.49. The summed E-state index contributed by atoms with van der Waals surface area (Å²) in [5.74, 6) is 0.689. The van der Waals surface area contributed by atoms with E-state index in [1.54, 1.807) is 11.8 Å². The van der Waals surface area contributed by atoms with Crippen LogP contribution in [0.2, 0.25) is 0 Å². The van der Waals surface area contributed by atoms with Gasteiger partial charge in [-0.2, -0.15) is 10.5 Å². The fraction of sp³-hybridized carbons (Fsp3) is 0.188. The maximum absolute atomic E-state index is 9.18. The first-order valence-electron chi connectivity index (χ1n) is 6.58. The number of hydrogen-bond acceptors (Lipinski definition) is 5. The Kier molecular flexibility index (Phi) is 3.51. The lowest BCUT2D eigenvalue weighted by atomic mass is 10.0. The molecule has 1 aromatic rings. The third-order valence-electron chi connectivity index (χ3n) is 3.34. The van der Waals surface area contributed by atoms with Gasteiger partial charge in [0.1, 0.15) is 23.0 Å². The van der Waals surface area contributed by atoms with Gasteiger partial charge in [0.25, 0.3) is 0 Å². The van der Waals surface area contributed by atoms with Crippen LogP contribution >= 0.6 is 11.8 Å². The van der Waals surface area contributed by atoms with E-state index in [1.165, 1.54) is 0 Å². The lowest BCUT2D eigenvalue weighted by Gasteiger charge is -2.19. The standard InChI is InChI=1S/C16H12N4S/c1-10-7-13-14(12(8-17)9-18)19-15(20-16(13)21-10)11-5-3-2-4-6-11/h2-6,10H,7H2,1H3,(H,19,20). The van der Waals surface area contributed by atoms with Gasteiger partial charge in [-0.15, -0.1) is 11.8 Å². The third kappa shape index (κ3) is 2.44. The Hall–Kier alpha value is -2.50. The molecular weight excluding hydrogens is 280 g/mol. The van der Waals surface area contributed by atoms with E-state index >= 15 is 0 Å². The van der Waals surface area contributed by atoms with Crippen molar-refractivity contribution in [2.45, 2.75) is 18.6 Å². The zero-order valence-corrected chi connectivity index (χ0v) is 12.2. The topological polar surface area (TPSA) is 72.0 Å². The van der Waals surface area contributed by atoms with E-state index < -0.39 is 0 Å². The van der Waals surface area contributed by atoms with Gasteiger partial charge in [0.2, 0.25) is 0 Å². The first kappa shape index (κ1) is 13.5. The molecule has 2 heterocycles. The van der Waals surface area contributed by atoms with E-state index in [0.717, 1.165) is 22.6 Å². The molecule has 0 aliphatic carbocycles. The number of nitrogens with one attached hydrogen (secondary N) is 1. The maximum atomic E-state index is 9.18. The van der Waals surface area contributed by atoms with E-state index in [1.807, 2.05) is 42.5 Å². The minimum absolute atomic E-state index is 0.112. The quantitative estimate of drug-likeness (QED) is 0.807. The Morgan fingerprint density at radius 2 is 2.00 bits per heavy atom. The smallest absolute Gasteiger partial charge is 0.153 e. The molecule has 4 nitrogen and oxygen atoms in total. The summed E-state index contributed by atoms with van der Waals surface area (Å²) in [6.45, 7) is 2.12. The fourth-order valence-electron chi connectivity index (χ4n) is 2.39. The molecule has 0 bridgehead atoms. The van der Waals surface area contributed by atoms with Crippen molar-refractivity contribution in [1.29, 1.82) is 10.5 Å². The Labute approximate surface area is 127 Å². The Bertz CT molecular complexity index is 744. The summed E-state index contributed by atoms with van der Waals surface area (Å²) in [4.78, 5) is 4.66. The molecule has 102 valence electrons. The average molecular weight is 292 g/mol. The second kappa shape index (κ2) is 5.47. The minimum atomic E-state index is 0.112. The SMILES string of the molecule is CC1CC2=C(N=C(c3ccccc3)NC2=C(C#N)C#N)S1. The van der Waals surface area contributed by atoms with Crippen LogP contribution in [0.3, 0.4) is 0 Å². The maximum Gasteiger partial charge on any atom is 0.153 e. The van der Waals surface area contributed by atoms with E-state index in [4.69, 9.17) is 0 Å². The van der Waals surface area contributed by atoms with E-state index in [0.29, 0.717) is 16.8 Å². The Balaban J connectivity index is 2.13. The molecule has 3 rings (SSSR count). The summed E-state index contributed by atoms with van der Waals surface area (Å²) >= 11 is 1.69. The molecule has 1 unspecified atom stereocenters. The lowest BCUT2D eigenvalue weighted by Crippen LogP contribution is -2.29. The van der Waals surface area contributed by atoms with E-state index in [-0.39, 0.29) is 5.57 Å². The van der Waals surface area contributed by atoms with Crippen molar-refractivity contribution >= 4 is 17.6 Å². The van der Waals surface area contributed by atoms with Crippen LogP contribution in [0.15, 0.2) is 57.2 Å². The van der Waals surface area contributed by atoms with Gasteiger partial charge >= 0.3 is 0 Å². The zero-order valence-electron chi connectivity index (χ0n) is 11.4. The van der Waals surface area contributed by atoms with Gasteiger partial charge in [0.15, 0.2) is 5.57 Å². The number of allylic oxidation sites excluding steroid dienone is 2. The van der Waals surface area contributed by atoms with Crippen LogP contribution in [0.1, 0.15) is 18.9 Å². The highest BCUT2D eigenvalue weighted by molar-refractivity contribution is 8.03. The molecule has 0 saturated carbocycles. The van der Waals surface area contributed by atoms with Crippen LogP contribution < -0.4 is 5.32 Å². The number of hydrogen-bond donors (Lipinski definition) is 1. The molecule has 0 saturated heterocycles. The van der Waals surface area contributed by atoms with Gasteiger partial charge in [0.05, 0.1) is 5.70 Å². The van der Waals surface area contributed by atoms with Gasteiger partial charge in [0, 0.05) is 16.4 Å². The monoisotopic (exact) mass is 292 g/mol. The van der Waals surface area contributed by atoms with Crippen LogP contribution in [-0.4, -0.2) is 11.1 Å². The average Bonchev–Trinajstić information content (AvgIpc) is 2.89. The normalized spacial score (nSPS) is 20.0. The van der Waals surface area contributed by atoms with Crippen molar-refractivity contribution in [1.82, 2.24) is 5.32 Å². The Morgan fingerprint density at radius 3 is 2.67 bits per heavy atom. The molecule has 1 aromatic carbocycles. The van der Waals surface area contributed by atoms with Gasteiger partial charge in [-0.1, -0.05) is 37.3 Å². The van der Waals surface area contributed by atoms with Crippen LogP contribution in [0.5, 0.6) is 0 Å². The van der Waals surface area contributed by atoms with Crippen molar-refractivity contribution in [2.75, 3.05) is 0 Å². The van der Waals surface area contributed by atoms with E-state index in [2.05, 4.69) is 17.2 Å². The molecule has 2 aliphatic rings. The van der Waals surface area contributed by atoms with Crippen molar-refractivity contribution < 1.29 is 0 Å². The number of nitriles is 2. The summed E-state index contributed by atoms with van der Waals surface area (Å²) < 4.78 is 0. The summed E-state index contributed by atoms with van der Waals surface area (Å²) in [7, 11) is 0. The van der Waals surface area contributed by atoms with Crippen molar-refractivity contribution in [3.8, 4) is 12.1 Å². The lowest BCUT2D eigenvalue weighted by molar-refractivity contribution is 0.915. The second-order valence-corrected chi connectivity index (χ2v) is 6.27. The minimum Gasteiger partial charge on any atom is -0.338 e. The molecule has 0 fully saturated rings. The Morgan fingerprint density at radius 1 is 1.29 bits per heavy atom. The highest BCUT2D eigenvalue weighted by Gasteiger charge is 2.30. The molecule has 0 aromatic heterocycles. The predicted octanol–water partition coefficient (Wildman–Crippen LogP) is 3.07. The number of aliphatic imine (C=N–C) groups is 1. The van der Waals surface area contributed by atoms with Crippen molar-refractivity contribution in [2.24, 2.45) is 4.99 Å². The number of thioether (sulfide) groups is 1. The molecule has 1 N–H and O–H groups in total. The summed E-state index contributed by atoms with van der Waals surface area (Å²) in [5, 5.41) is 22.9. The van der Waals surface area contributed by atoms with Crippen molar-refractivity contribution in [3.05, 3.63) is 57.8 Å². The van der Waals surface area contributed by atoms with Crippen LogP contribution in [-0.2, 0) is 0 Å². The largest absolute Gasteiger partial charge is 0.338 e. The highest BCUT2D eigenvalue weighted by atomic mass is 32.2. The summed E-state index contributed by atoms with van der Waals surface area (Å²) in [6.07, 6.45) is 0.820. The van der Waals surface area contributed by atoms with Gasteiger partial charge in [-0.05, 0) is 6.42 Å².